The number of unbranched alkanes of at least 4 members (excludes halogenated alkanes) is 11. The minimum Gasteiger partial charge on any atom is -0.481 e. The molecule has 0 atom stereocenters. The van der Waals surface area contributed by atoms with Crippen LogP contribution in [0.5, 0.6) is 0 Å². The van der Waals surface area contributed by atoms with Crippen LogP contribution in [0.2, 0.25) is 0 Å². The second kappa shape index (κ2) is 16.3. The van der Waals surface area contributed by atoms with Gasteiger partial charge in [-0.3, -0.25) is 4.79 Å². The maximum Gasteiger partial charge on any atom is 0.303 e. The molecule has 0 bridgehead atoms. The number of carboxylic acids is 1. The average molecular weight is 282 g/mol. The maximum absolute atomic E-state index is 10.3. The first kappa shape index (κ1) is 19.2. The van der Waals surface area contributed by atoms with Gasteiger partial charge in [0.25, 0.3) is 0 Å². The Morgan fingerprint density at radius 1 is 0.750 bits per heavy atom. The molecule has 2 heteroatoms. The highest BCUT2D eigenvalue weighted by Crippen LogP contribution is 2.10. The Morgan fingerprint density at radius 2 is 1.20 bits per heavy atom. The van der Waals surface area contributed by atoms with E-state index in [9.17, 15) is 4.79 Å². The Hall–Kier alpha value is -0.790. The number of carbonyl (C=O) groups is 1. The molecular formula is C18H34O2. The van der Waals surface area contributed by atoms with Gasteiger partial charge >= 0.3 is 5.97 Å². The van der Waals surface area contributed by atoms with Crippen LogP contribution in [0, 0.1) is 0 Å². The second-order valence-corrected chi connectivity index (χ2v) is 5.73. The third-order valence-electron chi connectivity index (χ3n) is 3.65. The minimum absolute atomic E-state index is 0.321. The third-order valence-corrected chi connectivity index (χ3v) is 3.65. The summed E-state index contributed by atoms with van der Waals surface area (Å²) in [4.78, 5) is 10.3. The molecule has 1 N–H and O–H groups in total. The molecule has 20 heavy (non-hydrogen) atoms. The van der Waals surface area contributed by atoms with Gasteiger partial charge in [-0.2, -0.15) is 0 Å². The zero-order valence-corrected chi connectivity index (χ0v) is 13.4. The number of carboxylic acid groups (broad SMARTS) is 1. The molecular weight excluding hydrogens is 248 g/mol. The van der Waals surface area contributed by atoms with Crippen molar-refractivity contribution in [3.05, 3.63) is 12.2 Å². The molecule has 0 amide bonds. The van der Waals surface area contributed by atoms with E-state index in [2.05, 4.69) is 19.1 Å². The fraction of sp³-hybridized carbons (Fsp3) is 0.833. The van der Waals surface area contributed by atoms with E-state index in [-0.39, 0.29) is 0 Å². The average Bonchev–Trinajstić information content (AvgIpc) is 2.43. The third kappa shape index (κ3) is 17.2. The van der Waals surface area contributed by atoms with Crippen molar-refractivity contribution in [3.63, 3.8) is 0 Å². The monoisotopic (exact) mass is 282 g/mol. The number of allylic oxidation sites excluding steroid dienone is 2. The van der Waals surface area contributed by atoms with E-state index in [0.29, 0.717) is 6.42 Å². The van der Waals surface area contributed by atoms with E-state index < -0.39 is 5.97 Å². The van der Waals surface area contributed by atoms with Crippen molar-refractivity contribution < 1.29 is 9.90 Å². The van der Waals surface area contributed by atoms with Crippen molar-refractivity contribution in [1.29, 1.82) is 0 Å². The molecule has 0 saturated heterocycles. The van der Waals surface area contributed by atoms with Crippen LogP contribution in [0.25, 0.3) is 0 Å². The van der Waals surface area contributed by atoms with Crippen LogP contribution in [0.4, 0.5) is 0 Å². The van der Waals surface area contributed by atoms with Gasteiger partial charge in [0, 0.05) is 6.42 Å². The van der Waals surface area contributed by atoms with Crippen molar-refractivity contribution in [3.8, 4) is 0 Å². The number of rotatable bonds is 15. The number of hydrogen-bond acceptors (Lipinski definition) is 1. The molecule has 0 radical (unpaired) electrons. The van der Waals surface area contributed by atoms with Crippen molar-refractivity contribution in [2.45, 2.75) is 96.8 Å². The topological polar surface area (TPSA) is 37.3 Å². The van der Waals surface area contributed by atoms with Crippen LogP contribution in [-0.2, 0) is 4.79 Å². The fourth-order valence-electron chi connectivity index (χ4n) is 2.35. The van der Waals surface area contributed by atoms with Crippen molar-refractivity contribution >= 4 is 5.97 Å². The molecule has 0 aliphatic heterocycles. The van der Waals surface area contributed by atoms with Crippen LogP contribution >= 0.6 is 0 Å². The zero-order chi connectivity index (χ0) is 14.9. The molecule has 0 rings (SSSR count). The fourth-order valence-corrected chi connectivity index (χ4v) is 2.35. The highest BCUT2D eigenvalue weighted by atomic mass is 16.4. The molecule has 0 heterocycles. The number of aliphatic carboxylic acids is 1. The van der Waals surface area contributed by atoms with E-state index in [1.165, 1.54) is 57.8 Å². The van der Waals surface area contributed by atoms with E-state index >= 15 is 0 Å². The summed E-state index contributed by atoms with van der Waals surface area (Å²) in [5.74, 6) is -0.671. The summed E-state index contributed by atoms with van der Waals surface area (Å²) in [6.45, 7) is 2.26. The van der Waals surface area contributed by atoms with Gasteiger partial charge in [-0.15, -0.1) is 0 Å². The molecule has 0 aromatic rings. The lowest BCUT2D eigenvalue weighted by molar-refractivity contribution is -0.137. The summed E-state index contributed by atoms with van der Waals surface area (Å²) in [6.07, 6.45) is 21.3. The number of hydrogen-bond donors (Lipinski definition) is 1. The molecule has 0 aliphatic carbocycles. The highest BCUT2D eigenvalue weighted by molar-refractivity contribution is 5.66. The predicted octanol–water partition coefficient (Wildman–Crippen LogP) is 6.11. The van der Waals surface area contributed by atoms with Crippen molar-refractivity contribution in [2.24, 2.45) is 0 Å². The summed E-state index contributed by atoms with van der Waals surface area (Å²) in [5.41, 5.74) is 0. The van der Waals surface area contributed by atoms with Crippen molar-refractivity contribution in [1.82, 2.24) is 0 Å². The summed E-state index contributed by atoms with van der Waals surface area (Å²) in [7, 11) is 0. The quantitative estimate of drug-likeness (QED) is 0.291. The Morgan fingerprint density at radius 3 is 1.70 bits per heavy atom. The molecule has 0 aromatic carbocycles. The lowest BCUT2D eigenvalue weighted by atomic mass is 10.1. The van der Waals surface area contributed by atoms with Gasteiger partial charge in [-0.05, 0) is 32.1 Å². The van der Waals surface area contributed by atoms with E-state index in [0.717, 1.165) is 25.7 Å². The van der Waals surface area contributed by atoms with Crippen LogP contribution in [0.1, 0.15) is 96.8 Å². The molecule has 0 saturated carbocycles. The van der Waals surface area contributed by atoms with E-state index in [1.807, 2.05) is 0 Å². The molecule has 118 valence electrons. The highest BCUT2D eigenvalue weighted by Gasteiger charge is 1.95. The SMILES string of the molecule is CCCCCCCCCCC=CCCCCCC(=O)O. The predicted molar refractivity (Wildman–Crippen MR) is 87.1 cm³/mol. The van der Waals surface area contributed by atoms with Gasteiger partial charge in [0.1, 0.15) is 0 Å². The summed E-state index contributed by atoms with van der Waals surface area (Å²) in [6, 6.07) is 0. The normalized spacial score (nSPS) is 11.2. The lowest BCUT2D eigenvalue weighted by Crippen LogP contribution is -1.93. The van der Waals surface area contributed by atoms with Crippen molar-refractivity contribution in [2.75, 3.05) is 0 Å². The van der Waals surface area contributed by atoms with Crippen LogP contribution in [-0.4, -0.2) is 11.1 Å². The first-order valence-electron chi connectivity index (χ1n) is 8.64. The molecule has 0 fully saturated rings. The Labute approximate surface area is 125 Å². The zero-order valence-electron chi connectivity index (χ0n) is 13.4. The van der Waals surface area contributed by atoms with Gasteiger partial charge < -0.3 is 5.11 Å². The smallest absolute Gasteiger partial charge is 0.303 e. The Balaban J connectivity index is 3.07. The Bertz CT molecular complexity index is 234. The molecule has 2 nitrogen and oxygen atoms in total. The minimum atomic E-state index is -0.671. The van der Waals surface area contributed by atoms with Crippen LogP contribution in [0.3, 0.4) is 0 Å². The maximum atomic E-state index is 10.3. The van der Waals surface area contributed by atoms with Gasteiger partial charge in [-0.25, -0.2) is 0 Å². The molecule has 0 spiro atoms. The summed E-state index contributed by atoms with van der Waals surface area (Å²) < 4.78 is 0. The van der Waals surface area contributed by atoms with E-state index in [1.54, 1.807) is 0 Å². The molecule has 0 unspecified atom stereocenters. The first-order valence-corrected chi connectivity index (χ1v) is 8.64. The van der Waals surface area contributed by atoms with Crippen LogP contribution < -0.4 is 0 Å². The van der Waals surface area contributed by atoms with Gasteiger partial charge in [-0.1, -0.05) is 70.4 Å². The van der Waals surface area contributed by atoms with E-state index in [4.69, 9.17) is 5.11 Å². The Kier molecular flexibility index (Phi) is 15.6. The lowest BCUT2D eigenvalue weighted by Gasteiger charge is -2.00. The van der Waals surface area contributed by atoms with Gasteiger partial charge in [0.05, 0.1) is 0 Å². The second-order valence-electron chi connectivity index (χ2n) is 5.73. The first-order chi connectivity index (χ1) is 9.77. The van der Waals surface area contributed by atoms with Gasteiger partial charge in [0.2, 0.25) is 0 Å². The van der Waals surface area contributed by atoms with Crippen LogP contribution in [0.15, 0.2) is 12.2 Å². The molecule has 0 aromatic heterocycles. The largest absolute Gasteiger partial charge is 0.481 e. The van der Waals surface area contributed by atoms with Gasteiger partial charge in [0.15, 0.2) is 0 Å². The standard InChI is InChI=1S/C18H34O2/c1-2-3-4-5-6-7-8-9-10-11-12-13-14-15-16-17-18(19)20/h11-12H,2-10,13-17H2,1H3,(H,19,20). The summed E-state index contributed by atoms with van der Waals surface area (Å²) >= 11 is 0. The summed E-state index contributed by atoms with van der Waals surface area (Å²) in [5, 5.41) is 8.50. The molecule has 0 aliphatic rings.